The third-order valence-corrected chi connectivity index (χ3v) is 6.46. The van der Waals surface area contributed by atoms with Crippen molar-refractivity contribution >= 4 is 11.9 Å². The Morgan fingerprint density at radius 2 is 1.81 bits per heavy atom. The highest BCUT2D eigenvalue weighted by molar-refractivity contribution is 6.07. The van der Waals surface area contributed by atoms with Crippen LogP contribution in [0.1, 0.15) is 32.3 Å². The normalized spacial score (nSPS) is 19.2. The number of likely N-dealkylation sites (tertiary alicyclic amines) is 1. The van der Waals surface area contributed by atoms with Crippen LogP contribution in [0.15, 0.2) is 47.1 Å². The third kappa shape index (κ3) is 4.00. The lowest BCUT2D eigenvalue weighted by molar-refractivity contribution is -0.136. The molecular weight excluding hydrogens is 394 g/mol. The van der Waals surface area contributed by atoms with Crippen molar-refractivity contribution in [3.63, 3.8) is 0 Å². The Morgan fingerprint density at radius 3 is 2.39 bits per heavy atom. The van der Waals surface area contributed by atoms with E-state index in [4.69, 9.17) is 9.15 Å². The maximum Gasteiger partial charge on any atom is 0.327 e. The fourth-order valence-electron chi connectivity index (χ4n) is 4.73. The lowest BCUT2D eigenvalue weighted by Gasteiger charge is -2.42. The number of urea groups is 1. The maximum atomic E-state index is 13.3. The first-order valence-corrected chi connectivity index (χ1v) is 11.0. The van der Waals surface area contributed by atoms with Gasteiger partial charge in [-0.2, -0.15) is 0 Å². The highest BCUT2D eigenvalue weighted by atomic mass is 16.5. The zero-order chi connectivity index (χ0) is 22.0. The number of methoxy groups -OCH3 is 1. The number of nitrogens with zero attached hydrogens (tertiary/aromatic N) is 3. The first kappa shape index (κ1) is 21.6. The zero-order valence-electron chi connectivity index (χ0n) is 18.5. The molecule has 0 atom stereocenters. The van der Waals surface area contributed by atoms with E-state index in [1.807, 2.05) is 26.0 Å². The van der Waals surface area contributed by atoms with E-state index >= 15 is 0 Å². The molecule has 7 heteroatoms. The lowest BCUT2D eigenvalue weighted by atomic mass is 9.85. The van der Waals surface area contributed by atoms with E-state index in [0.29, 0.717) is 26.0 Å². The van der Waals surface area contributed by atoms with Crippen LogP contribution in [0, 0.1) is 0 Å². The van der Waals surface area contributed by atoms with E-state index in [1.165, 1.54) is 10.5 Å². The molecule has 1 aromatic heterocycles. The standard InChI is InChI=1S/C24H31N3O4/c1-18(2)27-22(28)24(26(23(27)29)14-16-30-3)10-12-25(13-11-24)17-19-6-8-20(9-7-19)21-5-4-15-31-21/h4-9,15,18H,10-14,16-17H2,1-3H3. The van der Waals surface area contributed by atoms with Gasteiger partial charge < -0.3 is 14.1 Å². The first-order valence-electron chi connectivity index (χ1n) is 11.0. The molecule has 0 N–H and O–H groups in total. The van der Waals surface area contributed by atoms with Crippen molar-refractivity contribution in [1.29, 1.82) is 0 Å². The highest BCUT2D eigenvalue weighted by Gasteiger charge is 2.58. The van der Waals surface area contributed by atoms with Crippen molar-refractivity contribution in [2.45, 2.75) is 44.8 Å². The summed E-state index contributed by atoms with van der Waals surface area (Å²) >= 11 is 0. The van der Waals surface area contributed by atoms with Crippen LogP contribution >= 0.6 is 0 Å². The average Bonchev–Trinajstić information content (AvgIpc) is 3.36. The van der Waals surface area contributed by atoms with E-state index in [2.05, 4.69) is 29.2 Å². The Balaban J connectivity index is 1.43. The number of amides is 3. The second kappa shape index (κ2) is 8.85. The molecule has 0 bridgehead atoms. The van der Waals surface area contributed by atoms with Crippen molar-refractivity contribution in [2.24, 2.45) is 0 Å². The fourth-order valence-corrected chi connectivity index (χ4v) is 4.73. The maximum absolute atomic E-state index is 13.3. The van der Waals surface area contributed by atoms with E-state index in [9.17, 15) is 9.59 Å². The lowest BCUT2D eigenvalue weighted by Crippen LogP contribution is -2.57. The zero-order valence-corrected chi connectivity index (χ0v) is 18.5. The Bertz CT molecular complexity index is 899. The molecule has 2 aromatic rings. The van der Waals surface area contributed by atoms with E-state index in [0.717, 1.165) is 31.0 Å². The van der Waals surface area contributed by atoms with Crippen LogP contribution in [0.3, 0.4) is 0 Å². The Morgan fingerprint density at radius 1 is 1.10 bits per heavy atom. The molecule has 2 aliphatic heterocycles. The predicted octanol–water partition coefficient (Wildman–Crippen LogP) is 3.60. The molecule has 0 radical (unpaired) electrons. The fraction of sp³-hybridized carbons (Fsp3) is 0.500. The van der Waals surface area contributed by atoms with Gasteiger partial charge in [0.05, 0.1) is 12.9 Å². The van der Waals surface area contributed by atoms with Crippen molar-refractivity contribution in [3.05, 3.63) is 48.2 Å². The molecule has 3 heterocycles. The predicted molar refractivity (Wildman–Crippen MR) is 117 cm³/mol. The number of carbonyl (C=O) groups excluding carboxylic acids is 2. The first-order chi connectivity index (χ1) is 15.0. The molecule has 2 fully saturated rings. The van der Waals surface area contributed by atoms with Gasteiger partial charge in [-0.15, -0.1) is 0 Å². The summed E-state index contributed by atoms with van der Waals surface area (Å²) in [6.07, 6.45) is 2.97. The molecule has 1 aromatic carbocycles. The van der Waals surface area contributed by atoms with Gasteiger partial charge in [-0.25, -0.2) is 4.79 Å². The minimum absolute atomic E-state index is 0.0500. The molecule has 166 valence electrons. The van der Waals surface area contributed by atoms with Gasteiger partial charge in [-0.3, -0.25) is 14.6 Å². The Labute approximate surface area is 183 Å². The van der Waals surface area contributed by atoms with Gasteiger partial charge in [0.15, 0.2) is 0 Å². The molecule has 4 rings (SSSR count). The van der Waals surface area contributed by atoms with Crippen LogP contribution in [0.25, 0.3) is 11.3 Å². The van der Waals surface area contributed by atoms with Crippen molar-refractivity contribution in [3.8, 4) is 11.3 Å². The smallest absolute Gasteiger partial charge is 0.327 e. The SMILES string of the molecule is COCCN1C(=O)N(C(C)C)C(=O)C12CCN(Cc1ccc(-c3ccco3)cc1)CC2. The van der Waals surface area contributed by atoms with E-state index in [-0.39, 0.29) is 18.0 Å². The van der Waals surface area contributed by atoms with Crippen molar-refractivity contribution < 1.29 is 18.7 Å². The number of ether oxygens (including phenoxy) is 1. The van der Waals surface area contributed by atoms with Crippen LogP contribution < -0.4 is 0 Å². The van der Waals surface area contributed by atoms with Gasteiger partial charge in [-0.1, -0.05) is 24.3 Å². The summed E-state index contributed by atoms with van der Waals surface area (Å²) < 4.78 is 10.7. The van der Waals surface area contributed by atoms with Gasteiger partial charge >= 0.3 is 6.03 Å². The number of hydrogen-bond acceptors (Lipinski definition) is 5. The number of benzene rings is 1. The number of carbonyl (C=O) groups is 2. The quantitative estimate of drug-likeness (QED) is 0.634. The summed E-state index contributed by atoms with van der Waals surface area (Å²) in [7, 11) is 1.62. The largest absolute Gasteiger partial charge is 0.464 e. The monoisotopic (exact) mass is 425 g/mol. The minimum atomic E-state index is -0.737. The Hall–Kier alpha value is -2.64. The molecular formula is C24H31N3O4. The van der Waals surface area contributed by atoms with Crippen LogP contribution in [0.5, 0.6) is 0 Å². The van der Waals surface area contributed by atoms with E-state index in [1.54, 1.807) is 18.3 Å². The van der Waals surface area contributed by atoms with Crippen LogP contribution in [0.4, 0.5) is 4.79 Å². The molecule has 2 aliphatic rings. The van der Waals surface area contributed by atoms with Crippen LogP contribution in [-0.4, -0.2) is 71.6 Å². The third-order valence-electron chi connectivity index (χ3n) is 6.46. The van der Waals surface area contributed by atoms with Crippen molar-refractivity contribution in [2.75, 3.05) is 33.4 Å². The van der Waals surface area contributed by atoms with E-state index < -0.39 is 5.54 Å². The molecule has 1 spiro atoms. The number of furan rings is 1. The van der Waals surface area contributed by atoms with Gasteiger partial charge in [0.2, 0.25) is 0 Å². The second-order valence-corrected chi connectivity index (χ2v) is 8.68. The van der Waals surface area contributed by atoms with Crippen LogP contribution in [0.2, 0.25) is 0 Å². The highest BCUT2D eigenvalue weighted by Crippen LogP contribution is 2.38. The summed E-state index contributed by atoms with van der Waals surface area (Å²) in [5.41, 5.74) is 1.54. The molecule has 7 nitrogen and oxygen atoms in total. The van der Waals surface area contributed by atoms with Gasteiger partial charge in [0, 0.05) is 44.9 Å². The summed E-state index contributed by atoms with van der Waals surface area (Å²) in [6.45, 7) is 7.03. The molecule has 2 saturated heterocycles. The molecule has 0 unspecified atom stereocenters. The summed E-state index contributed by atoms with van der Waals surface area (Å²) in [5.74, 6) is 0.813. The van der Waals surface area contributed by atoms with Gasteiger partial charge in [0.25, 0.3) is 5.91 Å². The van der Waals surface area contributed by atoms with Crippen LogP contribution in [-0.2, 0) is 16.1 Å². The molecule has 0 aliphatic carbocycles. The number of hydrogen-bond donors (Lipinski definition) is 0. The summed E-state index contributed by atoms with van der Waals surface area (Å²) in [6, 6.07) is 11.9. The topological polar surface area (TPSA) is 66.2 Å². The van der Waals surface area contributed by atoms with Crippen molar-refractivity contribution in [1.82, 2.24) is 14.7 Å². The second-order valence-electron chi connectivity index (χ2n) is 8.68. The minimum Gasteiger partial charge on any atom is -0.464 e. The number of imide groups is 1. The molecule has 3 amide bonds. The summed E-state index contributed by atoms with van der Waals surface area (Å²) in [5, 5.41) is 0. The van der Waals surface area contributed by atoms with Gasteiger partial charge in [0.1, 0.15) is 11.3 Å². The Kier molecular flexibility index (Phi) is 6.16. The molecule has 0 saturated carbocycles. The molecule has 31 heavy (non-hydrogen) atoms. The summed E-state index contributed by atoms with van der Waals surface area (Å²) in [4.78, 5) is 31.9. The average molecular weight is 426 g/mol. The number of piperidine rings is 1. The van der Waals surface area contributed by atoms with Gasteiger partial charge in [-0.05, 0) is 44.4 Å². The number of rotatable bonds is 7.